The summed E-state index contributed by atoms with van der Waals surface area (Å²) in [6.45, 7) is 0. The zero-order valence-corrected chi connectivity index (χ0v) is 26.6. The Kier molecular flexibility index (Phi) is 6.18. The molecule has 2 aromatic heterocycles. The van der Waals surface area contributed by atoms with E-state index in [9.17, 15) is 0 Å². The molecule has 0 aliphatic rings. The molecule has 3 nitrogen and oxygen atoms in total. The van der Waals surface area contributed by atoms with Crippen molar-refractivity contribution in [3.8, 4) is 27.9 Å². The Hall–Kier alpha value is -6.58. The maximum absolute atomic E-state index is 6.40. The summed E-state index contributed by atoms with van der Waals surface area (Å²) in [5, 5.41) is 10.9. The molecule has 0 spiro atoms. The Balaban J connectivity index is 0.903. The molecule has 3 heteroatoms. The molecule has 0 unspecified atom stereocenters. The Morgan fingerprint density at radius 1 is 0.408 bits per heavy atom. The lowest BCUT2D eigenvalue weighted by atomic mass is 10.00. The monoisotopic (exact) mass is 626 g/mol. The van der Waals surface area contributed by atoms with Gasteiger partial charge >= 0.3 is 0 Å². The third-order valence-electron chi connectivity index (χ3n) is 9.81. The molecule has 0 aliphatic heterocycles. The Bertz CT molecular complexity index is 2770. The van der Waals surface area contributed by atoms with Crippen molar-refractivity contribution in [1.29, 1.82) is 0 Å². The van der Waals surface area contributed by atoms with Crippen molar-refractivity contribution in [3.63, 3.8) is 0 Å². The largest absolute Gasteiger partial charge is 0.454 e. The lowest BCUT2D eigenvalue weighted by molar-refractivity contribution is 0.670. The summed E-state index contributed by atoms with van der Waals surface area (Å²) >= 11 is 0. The van der Waals surface area contributed by atoms with E-state index in [1.165, 1.54) is 54.8 Å². The maximum atomic E-state index is 6.40. The molecule has 10 rings (SSSR count). The van der Waals surface area contributed by atoms with Crippen LogP contribution in [0.2, 0.25) is 0 Å². The van der Waals surface area contributed by atoms with Crippen molar-refractivity contribution in [3.05, 3.63) is 176 Å². The molecule has 10 aromatic rings. The summed E-state index contributed by atoms with van der Waals surface area (Å²) < 4.78 is 8.76. The molecular weight excluding hydrogens is 597 g/mol. The molecule has 0 fully saturated rings. The summed E-state index contributed by atoms with van der Waals surface area (Å²) in [4.78, 5) is 0. The number of furan rings is 1. The second-order valence-electron chi connectivity index (χ2n) is 12.6. The van der Waals surface area contributed by atoms with Crippen LogP contribution in [0.4, 0.5) is 11.4 Å². The van der Waals surface area contributed by atoms with Gasteiger partial charge in [0.05, 0.1) is 16.7 Å². The number of fused-ring (bicyclic) bond motifs is 8. The van der Waals surface area contributed by atoms with Crippen LogP contribution < -0.4 is 5.32 Å². The fourth-order valence-corrected chi connectivity index (χ4v) is 7.43. The second kappa shape index (κ2) is 11.0. The quantitative estimate of drug-likeness (QED) is 0.206. The molecule has 49 heavy (non-hydrogen) atoms. The Morgan fingerprint density at radius 2 is 0.939 bits per heavy atom. The number of nitrogens with zero attached hydrogens (tertiary/aromatic N) is 1. The van der Waals surface area contributed by atoms with E-state index in [1.54, 1.807) is 0 Å². The SMILES string of the molecule is c1ccc2c(c1)ccc1oc3c(Nc4ccc(-c5ccc(-c6ccc(-n7c8ccccc8c8ccccc87)cc6)cc5)cc4)cccc3c12. The van der Waals surface area contributed by atoms with E-state index in [2.05, 4.69) is 186 Å². The standard InChI is InChI=1S/C46H30N2O/c1-2-9-37-34(8-1)24-29-44-45(37)40-12-7-13-41(46(40)49-44)47-35-25-20-32(21-26-35)30-16-18-31(19-17-30)33-22-27-36(28-23-33)48-42-14-5-3-10-38(42)39-11-4-6-15-43(39)48/h1-29,47H. The van der Waals surface area contributed by atoms with Crippen molar-refractivity contribution in [1.82, 2.24) is 4.57 Å². The predicted molar refractivity (Wildman–Crippen MR) is 206 cm³/mol. The Labute approximate surface area is 283 Å². The molecule has 230 valence electrons. The fourth-order valence-electron chi connectivity index (χ4n) is 7.43. The molecule has 1 N–H and O–H groups in total. The number of aromatic nitrogens is 1. The minimum Gasteiger partial charge on any atom is -0.454 e. The Morgan fingerprint density at radius 3 is 1.59 bits per heavy atom. The van der Waals surface area contributed by atoms with Gasteiger partial charge in [0.2, 0.25) is 0 Å². The van der Waals surface area contributed by atoms with Crippen LogP contribution in [0.1, 0.15) is 0 Å². The topological polar surface area (TPSA) is 30.1 Å². The highest BCUT2D eigenvalue weighted by molar-refractivity contribution is 6.20. The van der Waals surface area contributed by atoms with E-state index in [4.69, 9.17) is 4.42 Å². The first kappa shape index (κ1) is 27.5. The molecular formula is C46H30N2O. The van der Waals surface area contributed by atoms with Gasteiger partial charge < -0.3 is 14.3 Å². The van der Waals surface area contributed by atoms with E-state index in [-0.39, 0.29) is 0 Å². The van der Waals surface area contributed by atoms with Gasteiger partial charge in [0, 0.05) is 32.9 Å². The third kappa shape index (κ3) is 4.51. The van der Waals surface area contributed by atoms with Crippen LogP contribution in [0, 0.1) is 0 Å². The highest BCUT2D eigenvalue weighted by Crippen LogP contribution is 2.39. The molecule has 0 radical (unpaired) electrons. The lowest BCUT2D eigenvalue weighted by Gasteiger charge is -2.10. The van der Waals surface area contributed by atoms with Crippen LogP contribution in [0.5, 0.6) is 0 Å². The molecule has 8 aromatic carbocycles. The molecule has 0 aliphatic carbocycles. The number of rotatable bonds is 5. The van der Waals surface area contributed by atoms with Crippen molar-refractivity contribution < 1.29 is 4.42 Å². The smallest absolute Gasteiger partial charge is 0.158 e. The normalized spacial score (nSPS) is 11.7. The van der Waals surface area contributed by atoms with Gasteiger partial charge in [-0.1, -0.05) is 127 Å². The van der Waals surface area contributed by atoms with Crippen LogP contribution in [0.25, 0.3) is 82.5 Å². The zero-order chi connectivity index (χ0) is 32.3. The van der Waals surface area contributed by atoms with Gasteiger partial charge in [-0.15, -0.1) is 0 Å². The number of hydrogen-bond donors (Lipinski definition) is 1. The van der Waals surface area contributed by atoms with Crippen molar-refractivity contribution >= 4 is 65.9 Å². The van der Waals surface area contributed by atoms with Crippen molar-refractivity contribution in [2.75, 3.05) is 5.32 Å². The first-order chi connectivity index (χ1) is 24.3. The third-order valence-corrected chi connectivity index (χ3v) is 9.81. The highest BCUT2D eigenvalue weighted by Gasteiger charge is 2.14. The molecule has 2 heterocycles. The number of para-hydroxylation sites is 3. The van der Waals surface area contributed by atoms with Gasteiger partial charge in [0.1, 0.15) is 5.58 Å². The summed E-state index contributed by atoms with van der Waals surface area (Å²) in [6.07, 6.45) is 0. The van der Waals surface area contributed by atoms with E-state index >= 15 is 0 Å². The average molecular weight is 627 g/mol. The zero-order valence-electron chi connectivity index (χ0n) is 26.6. The molecule has 0 atom stereocenters. The van der Waals surface area contributed by atoms with Gasteiger partial charge in [-0.2, -0.15) is 0 Å². The van der Waals surface area contributed by atoms with E-state index in [1.807, 2.05) is 0 Å². The maximum Gasteiger partial charge on any atom is 0.158 e. The van der Waals surface area contributed by atoms with Gasteiger partial charge in [0.15, 0.2) is 5.58 Å². The molecule has 0 bridgehead atoms. The van der Waals surface area contributed by atoms with Gasteiger partial charge in [-0.3, -0.25) is 0 Å². The summed E-state index contributed by atoms with van der Waals surface area (Å²) in [5.74, 6) is 0. The van der Waals surface area contributed by atoms with Gasteiger partial charge in [-0.25, -0.2) is 0 Å². The first-order valence-electron chi connectivity index (χ1n) is 16.7. The van der Waals surface area contributed by atoms with E-state index < -0.39 is 0 Å². The van der Waals surface area contributed by atoms with Crippen LogP contribution >= 0.6 is 0 Å². The van der Waals surface area contributed by atoms with Gasteiger partial charge in [0.25, 0.3) is 0 Å². The highest BCUT2D eigenvalue weighted by atomic mass is 16.3. The van der Waals surface area contributed by atoms with Crippen LogP contribution in [0.15, 0.2) is 180 Å². The van der Waals surface area contributed by atoms with Crippen LogP contribution in [-0.4, -0.2) is 4.57 Å². The van der Waals surface area contributed by atoms with E-state index in [0.29, 0.717) is 0 Å². The average Bonchev–Trinajstić information content (AvgIpc) is 3.72. The molecule has 0 saturated carbocycles. The number of hydrogen-bond acceptors (Lipinski definition) is 2. The fraction of sp³-hybridized carbons (Fsp3) is 0. The number of benzene rings is 8. The summed E-state index contributed by atoms with van der Waals surface area (Å²) in [6, 6.07) is 62.6. The van der Waals surface area contributed by atoms with Crippen molar-refractivity contribution in [2.24, 2.45) is 0 Å². The van der Waals surface area contributed by atoms with E-state index in [0.717, 1.165) is 39.0 Å². The molecule has 0 amide bonds. The minimum atomic E-state index is 0.872. The lowest BCUT2D eigenvalue weighted by Crippen LogP contribution is -1.93. The van der Waals surface area contributed by atoms with Crippen LogP contribution in [-0.2, 0) is 0 Å². The number of anilines is 2. The predicted octanol–water partition coefficient (Wildman–Crippen LogP) is 12.9. The van der Waals surface area contributed by atoms with Gasteiger partial charge in [-0.05, 0) is 81.6 Å². The minimum absolute atomic E-state index is 0.872. The van der Waals surface area contributed by atoms with Crippen LogP contribution in [0.3, 0.4) is 0 Å². The van der Waals surface area contributed by atoms with Crippen molar-refractivity contribution in [2.45, 2.75) is 0 Å². The second-order valence-corrected chi connectivity index (χ2v) is 12.6. The first-order valence-corrected chi connectivity index (χ1v) is 16.7. The summed E-state index contributed by atoms with van der Waals surface area (Å²) in [5.41, 5.74) is 12.1. The summed E-state index contributed by atoms with van der Waals surface area (Å²) in [7, 11) is 0. The number of nitrogens with one attached hydrogen (secondary N) is 1. The molecule has 0 saturated heterocycles.